The smallest absolute Gasteiger partial charge is 0.196 e. The molecule has 0 saturated heterocycles. The van der Waals surface area contributed by atoms with E-state index >= 15 is 0 Å². The largest absolute Gasteiger partial charge is 0.497 e. The van der Waals surface area contributed by atoms with Crippen molar-refractivity contribution in [2.45, 2.75) is 42.5 Å². The van der Waals surface area contributed by atoms with E-state index in [0.717, 1.165) is 41.7 Å². The van der Waals surface area contributed by atoms with Crippen LogP contribution in [0.2, 0.25) is 0 Å². The molecule has 0 N–H and O–H groups in total. The molecule has 1 aliphatic carbocycles. The van der Waals surface area contributed by atoms with Crippen molar-refractivity contribution in [3.05, 3.63) is 66.0 Å². The number of hydrogen-bond donors (Lipinski definition) is 0. The van der Waals surface area contributed by atoms with E-state index in [-0.39, 0.29) is 11.0 Å². The van der Waals surface area contributed by atoms with E-state index in [1.807, 2.05) is 49.4 Å². The summed E-state index contributed by atoms with van der Waals surface area (Å²) in [7, 11) is 1.62. The lowest BCUT2D eigenvalue weighted by Gasteiger charge is -2.15. The van der Waals surface area contributed by atoms with E-state index in [1.165, 1.54) is 11.8 Å². The average Bonchev–Trinajstić information content (AvgIpc) is 3.52. The van der Waals surface area contributed by atoms with Crippen molar-refractivity contribution < 1.29 is 9.53 Å². The fourth-order valence-corrected chi connectivity index (χ4v) is 4.23. The van der Waals surface area contributed by atoms with Crippen LogP contribution in [0.3, 0.4) is 0 Å². The second-order valence-electron chi connectivity index (χ2n) is 6.89. The first-order valence-electron chi connectivity index (χ1n) is 9.57. The monoisotopic (exact) mass is 393 g/mol. The number of benzene rings is 2. The van der Waals surface area contributed by atoms with E-state index in [0.29, 0.717) is 11.5 Å². The molecular formula is C22H23N3O2S. The summed E-state index contributed by atoms with van der Waals surface area (Å²) in [6, 6.07) is 17.4. The number of methoxy groups -OCH3 is 1. The Balaban J connectivity index is 1.62. The number of thioether (sulfide) groups is 1. The molecule has 1 atom stereocenters. The van der Waals surface area contributed by atoms with Gasteiger partial charge in [-0.05, 0) is 55.7 Å². The molecule has 28 heavy (non-hydrogen) atoms. The summed E-state index contributed by atoms with van der Waals surface area (Å²) in [6.45, 7) is 2.03. The lowest BCUT2D eigenvalue weighted by atomic mass is 10.1. The number of rotatable bonds is 8. The lowest BCUT2D eigenvalue weighted by Crippen LogP contribution is -2.17. The zero-order valence-corrected chi connectivity index (χ0v) is 16.9. The molecule has 4 rings (SSSR count). The zero-order valence-electron chi connectivity index (χ0n) is 16.0. The molecule has 2 aromatic carbocycles. The van der Waals surface area contributed by atoms with Gasteiger partial charge >= 0.3 is 0 Å². The molecule has 0 spiro atoms. The Bertz CT molecular complexity index is 950. The first kappa shape index (κ1) is 18.7. The quantitative estimate of drug-likeness (QED) is 0.402. The maximum Gasteiger partial charge on any atom is 0.196 e. The minimum Gasteiger partial charge on any atom is -0.497 e. The average molecular weight is 394 g/mol. The van der Waals surface area contributed by atoms with Crippen LogP contribution in [0, 0.1) is 0 Å². The number of ketones is 1. The van der Waals surface area contributed by atoms with Gasteiger partial charge in [-0.15, -0.1) is 10.2 Å². The van der Waals surface area contributed by atoms with Crippen LogP contribution >= 0.6 is 11.8 Å². The minimum absolute atomic E-state index is 0.103. The van der Waals surface area contributed by atoms with Crippen molar-refractivity contribution in [1.29, 1.82) is 0 Å². The van der Waals surface area contributed by atoms with Gasteiger partial charge in [0.1, 0.15) is 11.6 Å². The fraction of sp³-hybridized carbons (Fsp3) is 0.318. The third-order valence-corrected chi connectivity index (χ3v) is 6.21. The predicted molar refractivity (Wildman–Crippen MR) is 111 cm³/mol. The Morgan fingerprint density at radius 1 is 1.14 bits per heavy atom. The second-order valence-corrected chi connectivity index (χ2v) is 8.06. The van der Waals surface area contributed by atoms with Gasteiger partial charge in [-0.25, -0.2) is 0 Å². The summed E-state index contributed by atoms with van der Waals surface area (Å²) in [5.74, 6) is 2.32. The molecule has 1 heterocycles. The number of carbonyl (C=O) groups is 1. The van der Waals surface area contributed by atoms with E-state index in [4.69, 9.17) is 4.74 Å². The Hall–Kier alpha value is -2.60. The normalized spacial score (nSPS) is 14.6. The van der Waals surface area contributed by atoms with Gasteiger partial charge in [-0.2, -0.15) is 0 Å². The van der Waals surface area contributed by atoms with Gasteiger partial charge in [-0.3, -0.25) is 9.36 Å². The topological polar surface area (TPSA) is 57.0 Å². The molecule has 1 saturated carbocycles. The standard InChI is InChI=1S/C22H23N3O2S/c1-3-19(20(26)15-11-13-18(27-2)14-12-15)28-22-24-23-21(16-9-10-16)25(22)17-7-5-4-6-8-17/h4-8,11-14,16,19H,3,9-10H2,1-2H3. The number of Topliss-reactive ketones (excluding diaryl/α,β-unsaturated/α-hetero) is 1. The van der Waals surface area contributed by atoms with E-state index in [1.54, 1.807) is 7.11 Å². The summed E-state index contributed by atoms with van der Waals surface area (Å²) in [4.78, 5) is 13.1. The molecule has 1 aromatic heterocycles. The predicted octanol–water partition coefficient (Wildman–Crippen LogP) is 4.91. The molecule has 3 aromatic rings. The Labute approximate surface area is 169 Å². The molecule has 0 aliphatic heterocycles. The highest BCUT2D eigenvalue weighted by molar-refractivity contribution is 8.00. The van der Waals surface area contributed by atoms with Gasteiger partial charge in [-0.1, -0.05) is 36.9 Å². The van der Waals surface area contributed by atoms with E-state index < -0.39 is 0 Å². The fourth-order valence-electron chi connectivity index (χ4n) is 3.17. The van der Waals surface area contributed by atoms with Gasteiger partial charge in [0.05, 0.1) is 12.4 Å². The number of ether oxygens (including phenoxy) is 1. The van der Waals surface area contributed by atoms with Crippen LogP contribution in [0.25, 0.3) is 5.69 Å². The maximum absolute atomic E-state index is 13.1. The highest BCUT2D eigenvalue weighted by Gasteiger charge is 2.32. The lowest BCUT2D eigenvalue weighted by molar-refractivity contribution is 0.0988. The number of carbonyl (C=O) groups excluding carboxylic acids is 1. The first-order valence-corrected chi connectivity index (χ1v) is 10.4. The van der Waals surface area contributed by atoms with Crippen LogP contribution in [0.5, 0.6) is 5.75 Å². The molecule has 5 nitrogen and oxygen atoms in total. The third-order valence-electron chi connectivity index (χ3n) is 4.90. The number of aromatic nitrogens is 3. The first-order chi connectivity index (χ1) is 13.7. The molecular weight excluding hydrogens is 370 g/mol. The van der Waals surface area contributed by atoms with Crippen molar-refractivity contribution >= 4 is 17.5 Å². The van der Waals surface area contributed by atoms with Gasteiger partial charge in [0.25, 0.3) is 0 Å². The van der Waals surface area contributed by atoms with E-state index in [2.05, 4.69) is 26.9 Å². The van der Waals surface area contributed by atoms with Crippen LogP contribution in [-0.2, 0) is 0 Å². The number of nitrogens with zero attached hydrogens (tertiary/aromatic N) is 3. The number of para-hydroxylation sites is 1. The zero-order chi connectivity index (χ0) is 19.5. The Morgan fingerprint density at radius 3 is 2.46 bits per heavy atom. The molecule has 6 heteroatoms. The molecule has 1 fully saturated rings. The molecule has 144 valence electrons. The molecule has 0 bridgehead atoms. The molecule has 0 radical (unpaired) electrons. The van der Waals surface area contributed by atoms with Crippen molar-refractivity contribution in [2.24, 2.45) is 0 Å². The van der Waals surface area contributed by atoms with Gasteiger partial charge in [0.2, 0.25) is 0 Å². The van der Waals surface area contributed by atoms with Crippen LogP contribution in [-0.4, -0.2) is 32.9 Å². The molecule has 0 amide bonds. The van der Waals surface area contributed by atoms with Crippen LogP contribution in [0.1, 0.15) is 48.3 Å². The highest BCUT2D eigenvalue weighted by Crippen LogP contribution is 2.41. The minimum atomic E-state index is -0.216. The summed E-state index contributed by atoms with van der Waals surface area (Å²) in [5, 5.41) is 9.47. The van der Waals surface area contributed by atoms with E-state index in [9.17, 15) is 4.79 Å². The highest BCUT2D eigenvalue weighted by atomic mass is 32.2. The van der Waals surface area contributed by atoms with Crippen molar-refractivity contribution in [3.8, 4) is 11.4 Å². The van der Waals surface area contributed by atoms with Gasteiger partial charge in [0.15, 0.2) is 10.9 Å². The Morgan fingerprint density at radius 2 is 1.86 bits per heavy atom. The van der Waals surface area contributed by atoms with Crippen LogP contribution in [0.4, 0.5) is 0 Å². The van der Waals surface area contributed by atoms with Crippen LogP contribution < -0.4 is 4.74 Å². The molecule has 1 aliphatic rings. The van der Waals surface area contributed by atoms with Crippen molar-refractivity contribution in [1.82, 2.24) is 14.8 Å². The van der Waals surface area contributed by atoms with Gasteiger partial charge in [0, 0.05) is 17.2 Å². The molecule has 1 unspecified atom stereocenters. The summed E-state index contributed by atoms with van der Waals surface area (Å²) >= 11 is 1.50. The summed E-state index contributed by atoms with van der Waals surface area (Å²) < 4.78 is 7.31. The van der Waals surface area contributed by atoms with Crippen molar-refractivity contribution in [3.63, 3.8) is 0 Å². The third kappa shape index (κ3) is 3.83. The van der Waals surface area contributed by atoms with Crippen LogP contribution in [0.15, 0.2) is 59.8 Å². The van der Waals surface area contributed by atoms with Crippen molar-refractivity contribution in [2.75, 3.05) is 7.11 Å². The second kappa shape index (κ2) is 8.19. The van der Waals surface area contributed by atoms with Gasteiger partial charge < -0.3 is 4.74 Å². The SMILES string of the molecule is CCC(Sc1nnc(C2CC2)n1-c1ccccc1)C(=O)c1ccc(OC)cc1. The maximum atomic E-state index is 13.1. The Kier molecular flexibility index (Phi) is 5.48. The summed E-state index contributed by atoms with van der Waals surface area (Å²) in [6.07, 6.45) is 3.02. The summed E-state index contributed by atoms with van der Waals surface area (Å²) in [5.41, 5.74) is 1.73. The number of hydrogen-bond acceptors (Lipinski definition) is 5.